The number of rotatable bonds is 6. The molecule has 1 saturated heterocycles. The highest BCUT2D eigenvalue weighted by molar-refractivity contribution is 9.10. The van der Waals surface area contributed by atoms with Crippen molar-refractivity contribution in [2.75, 3.05) is 11.6 Å². The molecule has 0 unspecified atom stereocenters. The van der Waals surface area contributed by atoms with E-state index in [0.717, 1.165) is 5.01 Å². The monoisotopic (exact) mass is 524 g/mol. The van der Waals surface area contributed by atoms with Crippen molar-refractivity contribution < 1.29 is 33.4 Å². The zero-order valence-electron chi connectivity index (χ0n) is 17.7. The second-order valence-electron chi connectivity index (χ2n) is 7.10. The van der Waals surface area contributed by atoms with Gasteiger partial charge in [0.2, 0.25) is 0 Å². The van der Waals surface area contributed by atoms with E-state index >= 15 is 0 Å². The number of carboxylic acid groups (broad SMARTS) is 1. The van der Waals surface area contributed by atoms with E-state index in [-0.39, 0.29) is 29.3 Å². The van der Waals surface area contributed by atoms with Gasteiger partial charge in [0.25, 0.3) is 11.8 Å². The number of furan rings is 1. The maximum absolute atomic E-state index is 12.9. The van der Waals surface area contributed by atoms with Gasteiger partial charge in [-0.15, -0.1) is 0 Å². The number of hydrazine groups is 1. The number of amides is 2. The van der Waals surface area contributed by atoms with Gasteiger partial charge < -0.3 is 14.3 Å². The average Bonchev–Trinajstić information content (AvgIpc) is 3.39. The predicted molar refractivity (Wildman–Crippen MR) is 125 cm³/mol. The van der Waals surface area contributed by atoms with Gasteiger partial charge in [0.05, 0.1) is 23.4 Å². The highest BCUT2D eigenvalue weighted by Gasteiger charge is 2.35. The molecule has 2 N–H and O–H groups in total. The Labute approximate surface area is 201 Å². The number of halogens is 1. The number of ether oxygens (including phenoxy) is 1. The summed E-state index contributed by atoms with van der Waals surface area (Å²) >= 11 is 3.24. The summed E-state index contributed by atoms with van der Waals surface area (Å²) in [6.07, 6.45) is 1.29. The van der Waals surface area contributed by atoms with Crippen LogP contribution in [0.3, 0.4) is 0 Å². The lowest BCUT2D eigenvalue weighted by atomic mass is 10.1. The number of carboxylic acids is 1. The zero-order valence-corrected chi connectivity index (χ0v) is 19.3. The number of nitrogens with zero attached hydrogens (tertiary/aromatic N) is 1. The van der Waals surface area contributed by atoms with E-state index in [1.165, 1.54) is 42.5 Å². The molecule has 1 aliphatic rings. The molecule has 172 valence electrons. The number of anilines is 1. The minimum atomic E-state index is -1.12. The maximum Gasteiger partial charge on any atom is 0.338 e. The number of carbonyl (C=O) groups is 4. The van der Waals surface area contributed by atoms with Crippen molar-refractivity contribution in [3.63, 3.8) is 0 Å². The maximum atomic E-state index is 12.9. The van der Waals surface area contributed by atoms with Gasteiger partial charge in [0, 0.05) is 10.0 Å². The van der Waals surface area contributed by atoms with Crippen molar-refractivity contribution in [3.8, 4) is 11.3 Å². The lowest BCUT2D eigenvalue weighted by Gasteiger charge is -2.14. The molecule has 1 aromatic heterocycles. The number of aromatic carboxylic acids is 1. The molecular weight excluding hydrogens is 508 g/mol. The van der Waals surface area contributed by atoms with E-state index in [4.69, 9.17) is 9.15 Å². The van der Waals surface area contributed by atoms with Gasteiger partial charge in [-0.3, -0.25) is 15.0 Å². The number of benzene rings is 2. The van der Waals surface area contributed by atoms with Gasteiger partial charge >= 0.3 is 11.9 Å². The first kappa shape index (κ1) is 23.0. The molecule has 2 heterocycles. The Bertz CT molecular complexity index is 1340. The summed E-state index contributed by atoms with van der Waals surface area (Å²) in [6, 6.07) is 13.8. The molecule has 0 radical (unpaired) electrons. The molecule has 4 rings (SSSR count). The molecule has 0 bridgehead atoms. The second kappa shape index (κ2) is 9.36. The van der Waals surface area contributed by atoms with Crippen LogP contribution in [-0.2, 0) is 14.3 Å². The third-order valence-corrected chi connectivity index (χ3v) is 5.41. The van der Waals surface area contributed by atoms with Crippen LogP contribution < -0.4 is 10.4 Å². The van der Waals surface area contributed by atoms with Gasteiger partial charge in [-0.1, -0.05) is 15.9 Å². The molecule has 0 aliphatic carbocycles. The predicted octanol–water partition coefficient (Wildman–Crippen LogP) is 4.05. The van der Waals surface area contributed by atoms with Gasteiger partial charge in [-0.2, -0.15) is 0 Å². The van der Waals surface area contributed by atoms with Crippen LogP contribution in [0, 0.1) is 0 Å². The largest absolute Gasteiger partial charge is 0.478 e. The summed E-state index contributed by atoms with van der Waals surface area (Å²) < 4.78 is 11.2. The minimum Gasteiger partial charge on any atom is -0.478 e. The molecular formula is C24H17BrN2O7. The fraction of sp³-hybridized carbons (Fsp3) is 0.0833. The van der Waals surface area contributed by atoms with E-state index in [2.05, 4.69) is 21.4 Å². The summed E-state index contributed by atoms with van der Waals surface area (Å²) in [5.41, 5.74) is 3.37. The van der Waals surface area contributed by atoms with E-state index in [1.54, 1.807) is 25.1 Å². The van der Waals surface area contributed by atoms with Crippen LogP contribution in [0.25, 0.3) is 17.4 Å². The van der Waals surface area contributed by atoms with Crippen molar-refractivity contribution in [2.24, 2.45) is 0 Å². The van der Waals surface area contributed by atoms with E-state index in [0.29, 0.717) is 21.3 Å². The molecule has 0 saturated carbocycles. The molecule has 34 heavy (non-hydrogen) atoms. The first-order valence-electron chi connectivity index (χ1n) is 10.1. The SMILES string of the molecule is CCOC(=O)c1ccc(N2NC(=O)C(=Cc3ccc(-c4ccc(Br)cc4C(=O)O)o3)C2=O)cc1. The first-order chi connectivity index (χ1) is 16.3. The standard InChI is InChI=1S/C24H17BrN2O7/c1-2-33-24(32)13-3-6-15(7-4-13)27-22(29)19(21(28)26-27)12-16-8-10-20(34-16)17-9-5-14(25)11-18(17)23(30)31/h3-12H,2H2,1H3,(H,26,28)(H,30,31). The summed E-state index contributed by atoms with van der Waals surface area (Å²) in [5.74, 6) is -2.38. The minimum absolute atomic E-state index is 0.0371. The second-order valence-corrected chi connectivity index (χ2v) is 8.02. The Balaban J connectivity index is 1.58. The smallest absolute Gasteiger partial charge is 0.338 e. The van der Waals surface area contributed by atoms with Crippen LogP contribution in [0.5, 0.6) is 0 Å². The quantitative estimate of drug-likeness (QED) is 0.283. The van der Waals surface area contributed by atoms with Crippen molar-refractivity contribution in [1.29, 1.82) is 0 Å². The van der Waals surface area contributed by atoms with Crippen LogP contribution in [0.1, 0.15) is 33.4 Å². The molecule has 3 aromatic rings. The van der Waals surface area contributed by atoms with Crippen LogP contribution in [0.2, 0.25) is 0 Å². The van der Waals surface area contributed by atoms with Crippen LogP contribution in [0.15, 0.2) is 69.1 Å². The number of nitrogens with one attached hydrogen (secondary N) is 1. The van der Waals surface area contributed by atoms with E-state index in [9.17, 15) is 24.3 Å². The van der Waals surface area contributed by atoms with E-state index in [1.807, 2.05) is 0 Å². The Morgan fingerprint density at radius 2 is 1.85 bits per heavy atom. The Hall–Kier alpha value is -4.18. The lowest BCUT2D eigenvalue weighted by Crippen LogP contribution is -2.35. The van der Waals surface area contributed by atoms with Crippen molar-refractivity contribution in [3.05, 3.63) is 81.5 Å². The third-order valence-electron chi connectivity index (χ3n) is 4.92. The Morgan fingerprint density at radius 3 is 2.53 bits per heavy atom. The Kier molecular flexibility index (Phi) is 6.33. The number of carbonyl (C=O) groups excluding carboxylic acids is 3. The van der Waals surface area contributed by atoms with Crippen LogP contribution >= 0.6 is 15.9 Å². The van der Waals surface area contributed by atoms with Gasteiger partial charge in [-0.05, 0) is 67.6 Å². The third kappa shape index (κ3) is 4.48. The highest BCUT2D eigenvalue weighted by atomic mass is 79.9. The number of esters is 1. The fourth-order valence-corrected chi connectivity index (χ4v) is 3.69. The van der Waals surface area contributed by atoms with E-state index < -0.39 is 23.8 Å². The van der Waals surface area contributed by atoms with Crippen LogP contribution in [0.4, 0.5) is 5.69 Å². The summed E-state index contributed by atoms with van der Waals surface area (Å²) in [6.45, 7) is 1.94. The van der Waals surface area contributed by atoms with Gasteiger partial charge in [0.1, 0.15) is 17.1 Å². The molecule has 0 spiro atoms. The summed E-state index contributed by atoms with van der Waals surface area (Å²) in [5, 5.41) is 10.5. The fourth-order valence-electron chi connectivity index (χ4n) is 3.33. The van der Waals surface area contributed by atoms with Crippen LogP contribution in [-0.4, -0.2) is 35.5 Å². The molecule has 0 atom stereocenters. The van der Waals surface area contributed by atoms with Gasteiger partial charge in [0.15, 0.2) is 0 Å². The molecule has 1 fully saturated rings. The number of hydrogen-bond acceptors (Lipinski definition) is 6. The summed E-state index contributed by atoms with van der Waals surface area (Å²) in [7, 11) is 0. The molecule has 10 heteroatoms. The topological polar surface area (TPSA) is 126 Å². The van der Waals surface area contributed by atoms with Crippen molar-refractivity contribution in [2.45, 2.75) is 6.92 Å². The molecule has 2 aromatic carbocycles. The first-order valence-corrected chi connectivity index (χ1v) is 10.8. The highest BCUT2D eigenvalue weighted by Crippen LogP contribution is 2.30. The summed E-state index contributed by atoms with van der Waals surface area (Å²) in [4.78, 5) is 48.7. The molecule has 1 aliphatic heterocycles. The molecule has 2 amide bonds. The Morgan fingerprint density at radius 1 is 1.12 bits per heavy atom. The lowest BCUT2D eigenvalue weighted by molar-refractivity contribution is -0.117. The molecule has 9 nitrogen and oxygen atoms in total. The van der Waals surface area contributed by atoms with Gasteiger partial charge in [-0.25, -0.2) is 14.6 Å². The van der Waals surface area contributed by atoms with Crippen molar-refractivity contribution in [1.82, 2.24) is 5.43 Å². The van der Waals surface area contributed by atoms with Crippen molar-refractivity contribution >= 4 is 51.4 Å². The number of hydrogen-bond donors (Lipinski definition) is 2. The average molecular weight is 525 g/mol. The normalized spacial score (nSPS) is 14.4. The zero-order chi connectivity index (χ0) is 24.4.